The summed E-state index contributed by atoms with van der Waals surface area (Å²) in [5.41, 5.74) is 0. The number of unbranched alkanes of at least 4 members (excludes halogenated alkanes) is 51. The summed E-state index contributed by atoms with van der Waals surface area (Å²) in [6, 6.07) is 0. The van der Waals surface area contributed by atoms with Gasteiger partial charge in [-0.1, -0.05) is 388 Å². The number of aliphatic hydroxyl groups excluding tert-OH is 1. The first-order chi connectivity index (χ1) is 49.4. The molecule has 606 valence electrons. The number of hydrogen-bond donors (Lipinski definition) is 3. The van der Waals surface area contributed by atoms with E-state index in [-0.39, 0.29) is 25.7 Å². The van der Waals surface area contributed by atoms with Crippen molar-refractivity contribution in [1.29, 1.82) is 0 Å². The molecular formula is C83H162O17P2. The Labute approximate surface area is 626 Å². The van der Waals surface area contributed by atoms with Gasteiger partial charge in [0.25, 0.3) is 0 Å². The van der Waals surface area contributed by atoms with Crippen molar-refractivity contribution in [3.8, 4) is 0 Å². The van der Waals surface area contributed by atoms with Gasteiger partial charge in [-0.3, -0.25) is 37.3 Å². The van der Waals surface area contributed by atoms with E-state index in [4.69, 9.17) is 37.0 Å². The van der Waals surface area contributed by atoms with Crippen molar-refractivity contribution in [3.05, 3.63) is 0 Å². The summed E-state index contributed by atoms with van der Waals surface area (Å²) >= 11 is 0. The summed E-state index contributed by atoms with van der Waals surface area (Å²) in [7, 11) is -9.92. The van der Waals surface area contributed by atoms with Gasteiger partial charge >= 0.3 is 39.5 Å². The third-order valence-corrected chi connectivity index (χ3v) is 21.7. The molecule has 0 saturated carbocycles. The van der Waals surface area contributed by atoms with E-state index in [0.29, 0.717) is 25.7 Å². The van der Waals surface area contributed by atoms with Crippen molar-refractivity contribution in [2.24, 2.45) is 11.8 Å². The van der Waals surface area contributed by atoms with Crippen LogP contribution in [-0.4, -0.2) is 96.7 Å². The molecule has 19 heteroatoms. The first-order valence-corrected chi connectivity index (χ1v) is 46.0. The van der Waals surface area contributed by atoms with Crippen LogP contribution in [0.15, 0.2) is 0 Å². The van der Waals surface area contributed by atoms with Crippen molar-refractivity contribution >= 4 is 39.5 Å². The van der Waals surface area contributed by atoms with Crippen LogP contribution in [-0.2, 0) is 65.4 Å². The average Bonchev–Trinajstić information content (AvgIpc) is 0.938. The van der Waals surface area contributed by atoms with E-state index >= 15 is 0 Å². The lowest BCUT2D eigenvalue weighted by molar-refractivity contribution is -0.161. The van der Waals surface area contributed by atoms with Crippen LogP contribution in [0.2, 0.25) is 0 Å². The van der Waals surface area contributed by atoms with Crippen molar-refractivity contribution in [3.63, 3.8) is 0 Å². The Hall–Kier alpha value is -1.94. The Bertz CT molecular complexity index is 1960. The minimum Gasteiger partial charge on any atom is -0.462 e. The van der Waals surface area contributed by atoms with Gasteiger partial charge in [0.1, 0.15) is 19.3 Å². The van der Waals surface area contributed by atoms with Crippen LogP contribution in [0.25, 0.3) is 0 Å². The molecule has 0 aliphatic rings. The molecule has 0 bridgehead atoms. The summed E-state index contributed by atoms with van der Waals surface area (Å²) in [4.78, 5) is 73.1. The van der Waals surface area contributed by atoms with Gasteiger partial charge < -0.3 is 33.8 Å². The van der Waals surface area contributed by atoms with Crippen molar-refractivity contribution in [2.45, 2.75) is 458 Å². The molecule has 0 spiro atoms. The second-order valence-corrected chi connectivity index (χ2v) is 33.5. The maximum absolute atomic E-state index is 13.1. The molecule has 0 radical (unpaired) electrons. The van der Waals surface area contributed by atoms with E-state index in [2.05, 4.69) is 41.5 Å². The number of hydrogen-bond acceptors (Lipinski definition) is 15. The Morgan fingerprint density at radius 2 is 0.500 bits per heavy atom. The highest BCUT2D eigenvalue weighted by atomic mass is 31.2. The molecule has 0 aromatic carbocycles. The van der Waals surface area contributed by atoms with Crippen LogP contribution in [0.5, 0.6) is 0 Å². The zero-order valence-corrected chi connectivity index (χ0v) is 68.7. The SMILES string of the molecule is CCCCCCCCCCCCCCC(=O)O[C@H](COC(=O)CCCCCCCCCCCCC)COP(=O)(O)OC[C@H](O)COP(=O)(O)OC[C@@H](COC(=O)CCCCCCCCCCCCCCCCC(C)CC)OC(=O)CCCCCCCCCCCCCCCCCCCCC(C)C. The molecular weight excluding hydrogens is 1330 g/mol. The monoisotopic (exact) mass is 1490 g/mol. The number of rotatable bonds is 82. The quantitative estimate of drug-likeness (QED) is 0.0222. The van der Waals surface area contributed by atoms with Crippen molar-refractivity contribution < 1.29 is 80.2 Å². The van der Waals surface area contributed by atoms with Crippen LogP contribution in [0, 0.1) is 11.8 Å². The number of carbonyl (C=O) groups is 4. The number of phosphoric acid groups is 2. The zero-order valence-electron chi connectivity index (χ0n) is 66.9. The molecule has 0 aromatic rings. The molecule has 0 aliphatic carbocycles. The Balaban J connectivity index is 5.22. The zero-order chi connectivity index (χ0) is 74.9. The van der Waals surface area contributed by atoms with E-state index in [1.807, 2.05) is 0 Å². The summed E-state index contributed by atoms with van der Waals surface area (Å²) in [6.45, 7) is 9.74. The van der Waals surface area contributed by atoms with E-state index in [1.165, 1.54) is 257 Å². The van der Waals surface area contributed by atoms with Gasteiger partial charge in [-0.25, -0.2) is 9.13 Å². The lowest BCUT2D eigenvalue weighted by Crippen LogP contribution is -2.30. The molecule has 0 aliphatic heterocycles. The average molecular weight is 1490 g/mol. The Morgan fingerprint density at radius 3 is 0.745 bits per heavy atom. The van der Waals surface area contributed by atoms with Gasteiger partial charge in [0.05, 0.1) is 26.4 Å². The Kier molecular flexibility index (Phi) is 73.1. The highest BCUT2D eigenvalue weighted by Crippen LogP contribution is 2.45. The van der Waals surface area contributed by atoms with E-state index in [9.17, 15) is 43.2 Å². The number of phosphoric ester groups is 2. The lowest BCUT2D eigenvalue weighted by atomic mass is 9.99. The minimum absolute atomic E-state index is 0.108. The van der Waals surface area contributed by atoms with Crippen molar-refractivity contribution in [1.82, 2.24) is 0 Å². The predicted molar refractivity (Wildman–Crippen MR) is 418 cm³/mol. The topological polar surface area (TPSA) is 237 Å². The number of esters is 4. The van der Waals surface area contributed by atoms with E-state index in [0.717, 1.165) is 102 Å². The minimum atomic E-state index is -4.96. The number of carbonyl (C=O) groups excluding carboxylic acids is 4. The van der Waals surface area contributed by atoms with Gasteiger partial charge in [-0.2, -0.15) is 0 Å². The van der Waals surface area contributed by atoms with Gasteiger partial charge in [0, 0.05) is 25.7 Å². The molecule has 0 amide bonds. The van der Waals surface area contributed by atoms with Crippen LogP contribution >= 0.6 is 15.6 Å². The molecule has 0 aromatic heterocycles. The summed E-state index contributed by atoms with van der Waals surface area (Å²) in [6.07, 6.45) is 65.1. The molecule has 0 heterocycles. The largest absolute Gasteiger partial charge is 0.472 e. The summed E-state index contributed by atoms with van der Waals surface area (Å²) in [5.74, 6) is -0.434. The molecule has 102 heavy (non-hydrogen) atoms. The molecule has 17 nitrogen and oxygen atoms in total. The molecule has 6 atom stereocenters. The predicted octanol–water partition coefficient (Wildman–Crippen LogP) is 25.1. The fourth-order valence-electron chi connectivity index (χ4n) is 12.9. The highest BCUT2D eigenvalue weighted by Gasteiger charge is 2.30. The molecule has 0 saturated heterocycles. The van der Waals surface area contributed by atoms with Crippen LogP contribution in [0.3, 0.4) is 0 Å². The fraction of sp³-hybridized carbons (Fsp3) is 0.952. The molecule has 3 N–H and O–H groups in total. The van der Waals surface area contributed by atoms with Gasteiger partial charge in [0.15, 0.2) is 12.2 Å². The van der Waals surface area contributed by atoms with Crippen LogP contribution < -0.4 is 0 Å². The second-order valence-electron chi connectivity index (χ2n) is 30.6. The first kappa shape index (κ1) is 100. The standard InChI is InChI=1S/C83H162O17P2/c1-7-10-12-14-16-18-20-36-43-49-55-61-67-82(87)99-78(71-93-80(85)65-59-53-47-41-33-19-17-15-13-11-8-2)73-97-101(89,90)95-69-77(84)70-96-102(91,92)98-74-79(72-94-81(86)66-60-54-48-42-37-31-28-27-30-35-40-46-52-58-64-76(6)9-3)100-83(88)68-62-56-50-44-38-32-26-24-22-21-23-25-29-34-39-45-51-57-63-75(4)5/h75-79,84H,7-74H2,1-6H3,(H,89,90)(H,91,92)/t76?,77-,78+,79+/m0/s1. The van der Waals surface area contributed by atoms with E-state index in [1.54, 1.807) is 0 Å². The maximum Gasteiger partial charge on any atom is 0.472 e. The van der Waals surface area contributed by atoms with Crippen LogP contribution in [0.4, 0.5) is 0 Å². The van der Waals surface area contributed by atoms with Gasteiger partial charge in [-0.15, -0.1) is 0 Å². The number of aliphatic hydroxyl groups is 1. The summed E-state index contributed by atoms with van der Waals surface area (Å²) < 4.78 is 68.8. The summed E-state index contributed by atoms with van der Waals surface area (Å²) in [5, 5.41) is 10.6. The second kappa shape index (κ2) is 74.5. The molecule has 3 unspecified atom stereocenters. The van der Waals surface area contributed by atoms with E-state index < -0.39 is 97.5 Å². The molecule has 0 rings (SSSR count). The van der Waals surface area contributed by atoms with Gasteiger partial charge in [-0.05, 0) is 37.5 Å². The number of ether oxygens (including phenoxy) is 4. The normalized spacial score (nSPS) is 14.1. The lowest BCUT2D eigenvalue weighted by Gasteiger charge is -2.21. The first-order valence-electron chi connectivity index (χ1n) is 43.0. The third-order valence-electron chi connectivity index (χ3n) is 19.8. The smallest absolute Gasteiger partial charge is 0.462 e. The maximum atomic E-state index is 13.1. The fourth-order valence-corrected chi connectivity index (χ4v) is 14.4. The highest BCUT2D eigenvalue weighted by molar-refractivity contribution is 7.47. The van der Waals surface area contributed by atoms with Crippen LogP contribution in [0.1, 0.15) is 440 Å². The third kappa shape index (κ3) is 74.9. The molecule has 0 fully saturated rings. The van der Waals surface area contributed by atoms with Crippen molar-refractivity contribution in [2.75, 3.05) is 39.6 Å². The van der Waals surface area contributed by atoms with Gasteiger partial charge in [0.2, 0.25) is 0 Å². The Morgan fingerprint density at radius 1 is 0.284 bits per heavy atom.